The topological polar surface area (TPSA) is 74.8 Å². The number of hydrogen-bond acceptors (Lipinski definition) is 3. The minimum absolute atomic E-state index is 0.0797. The van der Waals surface area contributed by atoms with Crippen LogP contribution in [0.2, 0.25) is 0 Å². The van der Waals surface area contributed by atoms with Gasteiger partial charge in [0.25, 0.3) is 5.91 Å². The molecule has 0 bridgehead atoms. The van der Waals surface area contributed by atoms with Crippen molar-refractivity contribution in [2.75, 3.05) is 5.32 Å². The summed E-state index contributed by atoms with van der Waals surface area (Å²) in [7, 11) is 0. The van der Waals surface area contributed by atoms with Gasteiger partial charge in [-0.15, -0.1) is 0 Å². The zero-order valence-corrected chi connectivity index (χ0v) is 11.9. The highest BCUT2D eigenvalue weighted by Crippen LogP contribution is 2.21. The van der Waals surface area contributed by atoms with Crippen LogP contribution in [0.4, 0.5) is 10.1 Å². The Hall–Kier alpha value is -3.28. The van der Waals surface area contributed by atoms with Crippen molar-refractivity contribution in [3.05, 3.63) is 83.7 Å². The van der Waals surface area contributed by atoms with Gasteiger partial charge in [-0.3, -0.25) is 9.59 Å². The fourth-order valence-electron chi connectivity index (χ4n) is 2.13. The molecule has 0 spiro atoms. The van der Waals surface area contributed by atoms with Gasteiger partial charge in [0.05, 0.1) is 5.69 Å². The number of carbonyl (C=O) groups is 2. The molecule has 1 aromatic heterocycles. The van der Waals surface area contributed by atoms with E-state index in [-0.39, 0.29) is 22.9 Å². The van der Waals surface area contributed by atoms with Crippen LogP contribution in [0.25, 0.3) is 0 Å². The summed E-state index contributed by atoms with van der Waals surface area (Å²) >= 11 is 0. The van der Waals surface area contributed by atoms with Gasteiger partial charge < -0.3 is 10.3 Å². The maximum absolute atomic E-state index is 13.6. The summed E-state index contributed by atoms with van der Waals surface area (Å²) in [5, 5.41) is 2.57. The van der Waals surface area contributed by atoms with E-state index in [1.165, 1.54) is 24.5 Å². The SMILES string of the molecule is O=C(Nc1ccc(F)cc1C(=O)c1ccccc1)c1ncc[nH]1. The largest absolute Gasteiger partial charge is 0.341 e. The number of halogens is 1. The highest BCUT2D eigenvalue weighted by atomic mass is 19.1. The van der Waals surface area contributed by atoms with E-state index in [2.05, 4.69) is 15.3 Å². The lowest BCUT2D eigenvalue weighted by molar-refractivity contribution is 0.101. The third-order valence-corrected chi connectivity index (χ3v) is 3.22. The van der Waals surface area contributed by atoms with Crippen LogP contribution in [0.3, 0.4) is 0 Å². The van der Waals surface area contributed by atoms with E-state index in [9.17, 15) is 14.0 Å². The normalized spacial score (nSPS) is 10.3. The zero-order valence-electron chi connectivity index (χ0n) is 11.9. The molecule has 1 amide bonds. The van der Waals surface area contributed by atoms with Crippen LogP contribution < -0.4 is 5.32 Å². The van der Waals surface area contributed by atoms with Crippen molar-refractivity contribution in [1.29, 1.82) is 0 Å². The lowest BCUT2D eigenvalue weighted by Gasteiger charge is -2.10. The molecule has 1 heterocycles. The van der Waals surface area contributed by atoms with Crippen molar-refractivity contribution in [1.82, 2.24) is 9.97 Å². The number of H-pyrrole nitrogens is 1. The van der Waals surface area contributed by atoms with Gasteiger partial charge >= 0.3 is 0 Å². The number of anilines is 1. The molecule has 6 heteroatoms. The Morgan fingerprint density at radius 1 is 1.09 bits per heavy atom. The maximum atomic E-state index is 13.6. The summed E-state index contributed by atoms with van der Waals surface area (Å²) < 4.78 is 13.6. The molecule has 2 N–H and O–H groups in total. The number of nitrogens with one attached hydrogen (secondary N) is 2. The Bertz CT molecular complexity index is 846. The number of amides is 1. The average Bonchev–Trinajstić information content (AvgIpc) is 3.11. The smallest absolute Gasteiger partial charge is 0.291 e. The number of ketones is 1. The van der Waals surface area contributed by atoms with E-state index in [0.29, 0.717) is 5.56 Å². The van der Waals surface area contributed by atoms with Crippen LogP contribution in [-0.2, 0) is 0 Å². The fraction of sp³-hybridized carbons (Fsp3) is 0. The molecule has 0 unspecified atom stereocenters. The Morgan fingerprint density at radius 2 is 1.87 bits per heavy atom. The van der Waals surface area contributed by atoms with Gasteiger partial charge in [0.1, 0.15) is 5.82 Å². The summed E-state index contributed by atoms with van der Waals surface area (Å²) in [6.45, 7) is 0. The lowest BCUT2D eigenvalue weighted by atomic mass is 10.0. The molecule has 0 aliphatic carbocycles. The molecule has 114 valence electrons. The van der Waals surface area contributed by atoms with Gasteiger partial charge in [-0.25, -0.2) is 9.37 Å². The Balaban J connectivity index is 1.95. The molecule has 0 aliphatic heterocycles. The zero-order chi connectivity index (χ0) is 16.2. The standard InChI is InChI=1S/C17H12FN3O2/c18-12-6-7-14(21-17(23)16-19-8-9-20-16)13(10-12)15(22)11-4-2-1-3-5-11/h1-10H,(H,19,20)(H,21,23). The van der Waals surface area contributed by atoms with Crippen LogP contribution >= 0.6 is 0 Å². The number of aromatic nitrogens is 2. The van der Waals surface area contributed by atoms with Crippen molar-refractivity contribution in [2.45, 2.75) is 0 Å². The molecular formula is C17H12FN3O2. The predicted octanol–water partition coefficient (Wildman–Crippen LogP) is 3.03. The Labute approximate surface area is 131 Å². The predicted molar refractivity (Wildman–Crippen MR) is 82.8 cm³/mol. The minimum atomic E-state index is -0.555. The number of aromatic amines is 1. The Morgan fingerprint density at radius 3 is 2.57 bits per heavy atom. The second-order valence-electron chi connectivity index (χ2n) is 4.78. The number of benzene rings is 2. The van der Waals surface area contributed by atoms with E-state index in [1.807, 2.05) is 0 Å². The summed E-state index contributed by atoms with van der Waals surface area (Å²) in [5.74, 6) is -1.34. The minimum Gasteiger partial charge on any atom is -0.341 e. The first-order valence-corrected chi connectivity index (χ1v) is 6.85. The highest BCUT2D eigenvalue weighted by Gasteiger charge is 2.17. The molecule has 0 aliphatic rings. The number of nitrogens with zero attached hydrogens (tertiary/aromatic N) is 1. The first kappa shape index (κ1) is 14.6. The van der Waals surface area contributed by atoms with E-state index in [1.54, 1.807) is 30.3 Å². The summed E-state index contributed by atoms with van der Waals surface area (Å²) in [6.07, 6.45) is 2.95. The summed E-state index contributed by atoms with van der Waals surface area (Å²) in [4.78, 5) is 31.1. The molecule has 3 aromatic rings. The van der Waals surface area contributed by atoms with Crippen molar-refractivity contribution < 1.29 is 14.0 Å². The highest BCUT2D eigenvalue weighted by molar-refractivity contribution is 6.14. The Kier molecular flexibility index (Phi) is 3.97. The van der Waals surface area contributed by atoms with Crippen LogP contribution in [-0.4, -0.2) is 21.7 Å². The second-order valence-corrected chi connectivity index (χ2v) is 4.78. The quantitative estimate of drug-likeness (QED) is 0.727. The molecule has 0 fully saturated rings. The van der Waals surface area contributed by atoms with Crippen molar-refractivity contribution in [2.24, 2.45) is 0 Å². The van der Waals surface area contributed by atoms with Gasteiger partial charge in [-0.1, -0.05) is 30.3 Å². The average molecular weight is 309 g/mol. The monoisotopic (exact) mass is 309 g/mol. The van der Waals surface area contributed by atoms with Gasteiger partial charge in [0.2, 0.25) is 0 Å². The third kappa shape index (κ3) is 3.16. The molecule has 5 nitrogen and oxygen atoms in total. The first-order chi connectivity index (χ1) is 11.1. The molecule has 0 atom stereocenters. The summed E-state index contributed by atoms with van der Waals surface area (Å²) in [5.41, 5.74) is 0.712. The maximum Gasteiger partial charge on any atom is 0.291 e. The molecule has 23 heavy (non-hydrogen) atoms. The van der Waals surface area contributed by atoms with Crippen molar-refractivity contribution in [3.8, 4) is 0 Å². The lowest BCUT2D eigenvalue weighted by Crippen LogP contribution is -2.16. The van der Waals surface area contributed by atoms with E-state index >= 15 is 0 Å². The second kappa shape index (κ2) is 6.23. The van der Waals surface area contributed by atoms with Crippen LogP contribution in [0.5, 0.6) is 0 Å². The van der Waals surface area contributed by atoms with Crippen molar-refractivity contribution in [3.63, 3.8) is 0 Å². The third-order valence-electron chi connectivity index (χ3n) is 3.22. The van der Waals surface area contributed by atoms with Crippen LogP contribution in [0.15, 0.2) is 60.9 Å². The molecule has 2 aromatic carbocycles. The van der Waals surface area contributed by atoms with Gasteiger partial charge in [0, 0.05) is 23.5 Å². The molecule has 0 radical (unpaired) electrons. The number of rotatable bonds is 4. The van der Waals surface area contributed by atoms with Gasteiger partial charge in [-0.05, 0) is 18.2 Å². The first-order valence-electron chi connectivity index (χ1n) is 6.85. The van der Waals surface area contributed by atoms with Crippen LogP contribution in [0.1, 0.15) is 26.5 Å². The van der Waals surface area contributed by atoms with Gasteiger partial charge in [0.15, 0.2) is 11.6 Å². The van der Waals surface area contributed by atoms with E-state index in [0.717, 1.165) is 6.07 Å². The molecule has 3 rings (SSSR count). The number of imidazole rings is 1. The fourth-order valence-corrected chi connectivity index (χ4v) is 2.13. The van der Waals surface area contributed by atoms with Crippen LogP contribution in [0, 0.1) is 5.82 Å². The van der Waals surface area contributed by atoms with E-state index in [4.69, 9.17) is 0 Å². The molecule has 0 saturated carbocycles. The molecule has 0 saturated heterocycles. The van der Waals surface area contributed by atoms with Gasteiger partial charge in [-0.2, -0.15) is 0 Å². The number of hydrogen-bond donors (Lipinski definition) is 2. The summed E-state index contributed by atoms with van der Waals surface area (Å²) in [6, 6.07) is 12.1. The van der Waals surface area contributed by atoms with Crippen molar-refractivity contribution >= 4 is 17.4 Å². The molecular weight excluding hydrogens is 297 g/mol. The number of carbonyl (C=O) groups excluding carboxylic acids is 2. The van der Waals surface area contributed by atoms with E-state index < -0.39 is 11.7 Å².